The van der Waals surface area contributed by atoms with Crippen molar-refractivity contribution in [3.63, 3.8) is 0 Å². The zero-order valence-corrected chi connectivity index (χ0v) is 14.9. The molecule has 2 N–H and O–H groups in total. The Morgan fingerprint density at radius 2 is 1.78 bits per heavy atom. The van der Waals surface area contributed by atoms with Crippen molar-refractivity contribution in [2.75, 3.05) is 19.5 Å². The van der Waals surface area contributed by atoms with Crippen molar-refractivity contribution in [1.29, 1.82) is 0 Å². The smallest absolute Gasteiger partial charge is 0.278 e. The van der Waals surface area contributed by atoms with Gasteiger partial charge in [0.05, 0.1) is 32.3 Å². The first-order chi connectivity index (χ1) is 13.2. The van der Waals surface area contributed by atoms with Gasteiger partial charge in [0.1, 0.15) is 11.4 Å². The van der Waals surface area contributed by atoms with E-state index in [1.54, 1.807) is 24.5 Å². The predicted molar refractivity (Wildman–Crippen MR) is 97.7 cm³/mol. The Labute approximate surface area is 155 Å². The maximum absolute atomic E-state index is 10.4. The molecule has 2 aromatic heterocycles. The van der Waals surface area contributed by atoms with Crippen LogP contribution >= 0.6 is 0 Å². The quantitative estimate of drug-likeness (QED) is 0.678. The zero-order valence-electron chi connectivity index (χ0n) is 14.9. The molecule has 0 saturated heterocycles. The van der Waals surface area contributed by atoms with E-state index in [-0.39, 0.29) is 11.6 Å². The van der Waals surface area contributed by atoms with E-state index >= 15 is 0 Å². The van der Waals surface area contributed by atoms with Gasteiger partial charge in [-0.05, 0) is 25.0 Å². The number of hydrogen-bond donors (Lipinski definition) is 2. The standard InChI is InChI=1S/C18H18N6O3/c1-26-16-17(27-2)22-13(8-19-16)10-3-6-12(15(25)7-10)14-9-20-18(24-23-14)21-11-4-5-11/h3,6-9,11,25H,4-5H2,1-2H3,(H,20,21,24). The lowest BCUT2D eigenvalue weighted by Gasteiger charge is -2.09. The maximum atomic E-state index is 10.4. The summed E-state index contributed by atoms with van der Waals surface area (Å²) in [6.45, 7) is 0. The van der Waals surface area contributed by atoms with E-state index in [4.69, 9.17) is 9.47 Å². The fourth-order valence-corrected chi connectivity index (χ4v) is 2.56. The van der Waals surface area contributed by atoms with E-state index in [9.17, 15) is 5.11 Å². The highest BCUT2D eigenvalue weighted by atomic mass is 16.5. The van der Waals surface area contributed by atoms with E-state index in [0.717, 1.165) is 12.8 Å². The minimum Gasteiger partial charge on any atom is -0.507 e. The van der Waals surface area contributed by atoms with Gasteiger partial charge in [0.25, 0.3) is 11.8 Å². The summed E-state index contributed by atoms with van der Waals surface area (Å²) in [5.41, 5.74) is 2.24. The number of hydrogen-bond acceptors (Lipinski definition) is 9. The van der Waals surface area contributed by atoms with Gasteiger partial charge in [-0.3, -0.25) is 0 Å². The lowest BCUT2D eigenvalue weighted by molar-refractivity contribution is 0.332. The molecule has 2 heterocycles. The Kier molecular flexibility index (Phi) is 4.41. The summed E-state index contributed by atoms with van der Waals surface area (Å²) < 4.78 is 10.3. The monoisotopic (exact) mass is 366 g/mol. The van der Waals surface area contributed by atoms with Crippen molar-refractivity contribution in [2.24, 2.45) is 0 Å². The molecule has 1 aliphatic rings. The number of ether oxygens (including phenoxy) is 2. The second kappa shape index (κ2) is 7.02. The minimum atomic E-state index is 0.0445. The lowest BCUT2D eigenvalue weighted by atomic mass is 10.1. The number of rotatable bonds is 6. The highest BCUT2D eigenvalue weighted by molar-refractivity contribution is 5.72. The fraction of sp³-hybridized carbons (Fsp3) is 0.278. The Bertz CT molecular complexity index is 960. The molecule has 9 heteroatoms. The van der Waals surface area contributed by atoms with E-state index in [2.05, 4.69) is 30.5 Å². The Morgan fingerprint density at radius 1 is 1.00 bits per heavy atom. The van der Waals surface area contributed by atoms with Crippen LogP contribution in [0.25, 0.3) is 22.5 Å². The summed E-state index contributed by atoms with van der Waals surface area (Å²) in [6, 6.07) is 5.59. The molecule has 0 unspecified atom stereocenters. The van der Waals surface area contributed by atoms with Crippen LogP contribution in [0.5, 0.6) is 17.5 Å². The zero-order chi connectivity index (χ0) is 18.8. The number of phenolic OH excluding ortho intramolecular Hbond substituents is 1. The number of anilines is 1. The lowest BCUT2D eigenvalue weighted by Crippen LogP contribution is -2.06. The highest BCUT2D eigenvalue weighted by Crippen LogP contribution is 2.33. The van der Waals surface area contributed by atoms with Crippen molar-refractivity contribution in [1.82, 2.24) is 25.1 Å². The normalized spacial score (nSPS) is 13.3. The SMILES string of the molecule is COc1ncc(-c2ccc(-c3cnc(NC4CC4)nn3)c(O)c2)nc1OC. The van der Waals surface area contributed by atoms with Crippen LogP contribution in [0.15, 0.2) is 30.6 Å². The van der Waals surface area contributed by atoms with Gasteiger partial charge in [-0.2, -0.15) is 0 Å². The van der Waals surface area contributed by atoms with Crippen LogP contribution in [-0.2, 0) is 0 Å². The summed E-state index contributed by atoms with van der Waals surface area (Å²) in [6.07, 6.45) is 5.40. The van der Waals surface area contributed by atoms with Crippen molar-refractivity contribution in [3.8, 4) is 40.0 Å². The summed E-state index contributed by atoms with van der Waals surface area (Å²) >= 11 is 0. The third-order valence-corrected chi connectivity index (χ3v) is 4.14. The first kappa shape index (κ1) is 17.0. The van der Waals surface area contributed by atoms with Gasteiger partial charge < -0.3 is 19.9 Å². The second-order valence-electron chi connectivity index (χ2n) is 6.09. The number of nitrogens with one attached hydrogen (secondary N) is 1. The average molecular weight is 366 g/mol. The van der Waals surface area contributed by atoms with Crippen molar-refractivity contribution < 1.29 is 14.6 Å². The first-order valence-electron chi connectivity index (χ1n) is 8.43. The highest BCUT2D eigenvalue weighted by Gasteiger charge is 2.22. The third kappa shape index (κ3) is 3.57. The number of aromatic nitrogens is 5. The van der Waals surface area contributed by atoms with Crippen LogP contribution in [0.3, 0.4) is 0 Å². The van der Waals surface area contributed by atoms with Gasteiger partial charge in [0, 0.05) is 17.2 Å². The summed E-state index contributed by atoms with van der Waals surface area (Å²) in [4.78, 5) is 12.8. The van der Waals surface area contributed by atoms with Gasteiger partial charge in [-0.1, -0.05) is 6.07 Å². The summed E-state index contributed by atoms with van der Waals surface area (Å²) in [5.74, 6) is 1.11. The molecule has 0 amide bonds. The van der Waals surface area contributed by atoms with Crippen LogP contribution in [0.2, 0.25) is 0 Å². The molecule has 0 spiro atoms. The largest absolute Gasteiger partial charge is 0.507 e. The Balaban J connectivity index is 1.60. The Hall–Kier alpha value is -3.49. The maximum Gasteiger partial charge on any atom is 0.278 e. The Morgan fingerprint density at radius 3 is 2.41 bits per heavy atom. The molecule has 3 aromatic rings. The van der Waals surface area contributed by atoms with Crippen LogP contribution in [0.4, 0.5) is 5.95 Å². The molecule has 1 aromatic carbocycles. The topological polar surface area (TPSA) is 115 Å². The number of aromatic hydroxyl groups is 1. The van der Waals surface area contributed by atoms with Gasteiger partial charge in [-0.15, -0.1) is 10.2 Å². The summed E-state index contributed by atoms with van der Waals surface area (Å²) in [7, 11) is 2.98. The van der Waals surface area contributed by atoms with E-state index in [1.165, 1.54) is 14.2 Å². The molecule has 138 valence electrons. The molecule has 0 radical (unpaired) electrons. The van der Waals surface area contributed by atoms with Gasteiger partial charge in [0.2, 0.25) is 5.95 Å². The van der Waals surface area contributed by atoms with Crippen LogP contribution in [-0.4, -0.2) is 50.5 Å². The average Bonchev–Trinajstić information content (AvgIpc) is 3.52. The van der Waals surface area contributed by atoms with Gasteiger partial charge >= 0.3 is 0 Å². The van der Waals surface area contributed by atoms with Crippen molar-refractivity contribution >= 4 is 5.95 Å². The molecule has 0 bridgehead atoms. The molecule has 1 saturated carbocycles. The van der Waals surface area contributed by atoms with Crippen LogP contribution < -0.4 is 14.8 Å². The third-order valence-electron chi connectivity index (χ3n) is 4.14. The van der Waals surface area contributed by atoms with Crippen LogP contribution in [0.1, 0.15) is 12.8 Å². The van der Waals surface area contributed by atoms with Crippen molar-refractivity contribution in [2.45, 2.75) is 18.9 Å². The number of methoxy groups -OCH3 is 2. The first-order valence-corrected chi connectivity index (χ1v) is 8.43. The number of nitrogens with zero attached hydrogens (tertiary/aromatic N) is 5. The van der Waals surface area contributed by atoms with E-state index in [0.29, 0.717) is 40.4 Å². The van der Waals surface area contributed by atoms with Gasteiger partial charge in [0.15, 0.2) is 0 Å². The molecular formula is C18H18N6O3. The summed E-state index contributed by atoms with van der Waals surface area (Å²) in [5, 5.41) is 21.8. The molecule has 0 aliphatic heterocycles. The number of benzene rings is 1. The molecule has 27 heavy (non-hydrogen) atoms. The number of phenols is 1. The van der Waals surface area contributed by atoms with Gasteiger partial charge in [-0.25, -0.2) is 15.0 Å². The second-order valence-corrected chi connectivity index (χ2v) is 6.09. The molecule has 1 aliphatic carbocycles. The molecule has 0 atom stereocenters. The van der Waals surface area contributed by atoms with Crippen molar-refractivity contribution in [3.05, 3.63) is 30.6 Å². The molecule has 4 rings (SSSR count). The molecule has 1 fully saturated rings. The predicted octanol–water partition coefficient (Wildman–Crippen LogP) is 2.29. The van der Waals surface area contributed by atoms with Crippen LogP contribution in [0, 0.1) is 0 Å². The van der Waals surface area contributed by atoms with E-state index < -0.39 is 0 Å². The fourth-order valence-electron chi connectivity index (χ4n) is 2.56. The minimum absolute atomic E-state index is 0.0445. The molecule has 9 nitrogen and oxygen atoms in total. The van der Waals surface area contributed by atoms with E-state index in [1.807, 2.05) is 6.07 Å². The molecular weight excluding hydrogens is 348 g/mol.